The fourth-order valence-electron chi connectivity index (χ4n) is 4.83. The summed E-state index contributed by atoms with van der Waals surface area (Å²) in [6.07, 6.45) is 0.947. The van der Waals surface area contributed by atoms with Crippen LogP contribution in [0.4, 0.5) is 11.4 Å². The van der Waals surface area contributed by atoms with Gasteiger partial charge in [0.2, 0.25) is 0 Å². The summed E-state index contributed by atoms with van der Waals surface area (Å²) in [6, 6.07) is 17.8. The van der Waals surface area contributed by atoms with Gasteiger partial charge in [0.15, 0.2) is 28.8 Å². The standard InChI is InChI=1S/C28H34N6O4/c1-35-24-14-19-10-11-32(18-20(19)15-25(24)36-2)12-13-33-28(30-34(31-33)21-8-6-5-7-9-21)22-16-26(37-3)27(38-4)17-23(22)29/h5-9,14-17,31H,10-13,18,29H2,1-4H3. The molecule has 0 radical (unpaired) electrons. The van der Waals surface area contributed by atoms with E-state index in [2.05, 4.69) is 22.6 Å². The van der Waals surface area contributed by atoms with Gasteiger partial charge in [-0.15, -0.1) is 10.6 Å². The van der Waals surface area contributed by atoms with E-state index in [9.17, 15) is 0 Å². The van der Waals surface area contributed by atoms with Crippen LogP contribution in [0, 0.1) is 0 Å². The second-order valence-corrected chi connectivity index (χ2v) is 9.12. The Morgan fingerprint density at radius 1 is 0.816 bits per heavy atom. The van der Waals surface area contributed by atoms with Crippen molar-refractivity contribution in [2.45, 2.75) is 13.0 Å². The quantitative estimate of drug-likeness (QED) is 0.414. The van der Waals surface area contributed by atoms with Gasteiger partial charge >= 0.3 is 0 Å². The van der Waals surface area contributed by atoms with Crippen LogP contribution >= 0.6 is 0 Å². The number of hydrazine groups is 2. The maximum atomic E-state index is 6.47. The minimum atomic E-state index is 0.552. The Labute approximate surface area is 223 Å². The van der Waals surface area contributed by atoms with E-state index in [4.69, 9.17) is 29.8 Å². The number of rotatable bonds is 9. The van der Waals surface area contributed by atoms with E-state index in [0.717, 1.165) is 48.8 Å². The molecule has 10 nitrogen and oxygen atoms in total. The molecule has 0 saturated heterocycles. The molecule has 200 valence electrons. The molecular formula is C28H34N6O4. The number of methoxy groups -OCH3 is 4. The molecule has 3 aromatic rings. The highest BCUT2D eigenvalue weighted by Crippen LogP contribution is 2.35. The second-order valence-electron chi connectivity index (χ2n) is 9.12. The van der Waals surface area contributed by atoms with Crippen molar-refractivity contribution in [3.63, 3.8) is 0 Å². The topological polar surface area (TPSA) is 97.1 Å². The first kappa shape index (κ1) is 25.5. The molecule has 0 spiro atoms. The second kappa shape index (κ2) is 11.1. The highest BCUT2D eigenvalue weighted by Gasteiger charge is 2.29. The van der Waals surface area contributed by atoms with E-state index in [1.54, 1.807) is 39.6 Å². The lowest BCUT2D eigenvalue weighted by atomic mass is 9.99. The van der Waals surface area contributed by atoms with Gasteiger partial charge in [0, 0.05) is 37.0 Å². The average Bonchev–Trinajstić information content (AvgIpc) is 3.39. The SMILES string of the molecule is COc1cc(N)c(C2=NN(c3ccccc3)NN2CCN2CCc3cc(OC)c(OC)cc3C2)cc1OC. The van der Waals surface area contributed by atoms with E-state index >= 15 is 0 Å². The molecule has 2 aliphatic rings. The predicted molar refractivity (Wildman–Crippen MR) is 148 cm³/mol. The lowest BCUT2D eigenvalue weighted by Gasteiger charge is -2.31. The first-order chi connectivity index (χ1) is 18.5. The number of hydrogen-bond donors (Lipinski definition) is 2. The molecule has 0 bridgehead atoms. The van der Waals surface area contributed by atoms with Crippen LogP contribution in [0.25, 0.3) is 0 Å². The number of para-hydroxylation sites is 1. The highest BCUT2D eigenvalue weighted by atomic mass is 16.5. The number of nitrogens with one attached hydrogen (secondary N) is 1. The molecule has 2 heterocycles. The first-order valence-corrected chi connectivity index (χ1v) is 12.5. The van der Waals surface area contributed by atoms with Crippen LogP contribution in [0.5, 0.6) is 23.0 Å². The summed E-state index contributed by atoms with van der Waals surface area (Å²) >= 11 is 0. The minimum Gasteiger partial charge on any atom is -0.493 e. The molecular weight excluding hydrogens is 484 g/mol. The number of anilines is 2. The average molecular weight is 519 g/mol. The Kier molecular flexibility index (Phi) is 7.43. The largest absolute Gasteiger partial charge is 0.493 e. The van der Waals surface area contributed by atoms with E-state index in [1.165, 1.54) is 11.1 Å². The maximum absolute atomic E-state index is 6.47. The van der Waals surface area contributed by atoms with Crippen molar-refractivity contribution >= 4 is 17.2 Å². The van der Waals surface area contributed by atoms with E-state index in [0.29, 0.717) is 29.6 Å². The third-order valence-electron chi connectivity index (χ3n) is 6.90. The van der Waals surface area contributed by atoms with Gasteiger partial charge < -0.3 is 24.7 Å². The summed E-state index contributed by atoms with van der Waals surface area (Å²) in [5.74, 6) is 3.40. The molecule has 0 amide bonds. The highest BCUT2D eigenvalue weighted by molar-refractivity contribution is 6.05. The summed E-state index contributed by atoms with van der Waals surface area (Å²) in [6.45, 7) is 3.27. The van der Waals surface area contributed by atoms with Gasteiger partial charge in [-0.25, -0.2) is 0 Å². The monoisotopic (exact) mass is 518 g/mol. The number of nitrogens with two attached hydrogens (primary N) is 1. The van der Waals surface area contributed by atoms with E-state index < -0.39 is 0 Å². The summed E-state index contributed by atoms with van der Waals surface area (Å²) in [5, 5.41) is 8.66. The fourth-order valence-corrected chi connectivity index (χ4v) is 4.83. The molecule has 3 aromatic carbocycles. The fraction of sp³-hybridized carbons (Fsp3) is 0.321. The van der Waals surface area contributed by atoms with Crippen LogP contribution in [-0.4, -0.2) is 63.8 Å². The number of hydrazone groups is 1. The smallest absolute Gasteiger partial charge is 0.175 e. The van der Waals surface area contributed by atoms with Gasteiger partial charge in [0.05, 0.1) is 40.7 Å². The van der Waals surface area contributed by atoms with Crippen molar-refractivity contribution in [2.75, 3.05) is 58.9 Å². The van der Waals surface area contributed by atoms with Crippen molar-refractivity contribution < 1.29 is 18.9 Å². The Balaban J connectivity index is 1.38. The molecule has 2 aliphatic heterocycles. The third kappa shape index (κ3) is 5.00. The molecule has 38 heavy (non-hydrogen) atoms. The van der Waals surface area contributed by atoms with Crippen LogP contribution in [0.1, 0.15) is 16.7 Å². The molecule has 0 aromatic heterocycles. The van der Waals surface area contributed by atoms with Crippen molar-refractivity contribution in [3.05, 3.63) is 71.3 Å². The Hall–Kier alpha value is -4.15. The number of benzene rings is 3. The van der Waals surface area contributed by atoms with Crippen LogP contribution in [0.15, 0.2) is 59.7 Å². The number of hydrogen-bond acceptors (Lipinski definition) is 10. The summed E-state index contributed by atoms with van der Waals surface area (Å²) in [4.78, 5) is 2.43. The summed E-state index contributed by atoms with van der Waals surface area (Å²) in [5.41, 5.74) is 14.7. The van der Waals surface area contributed by atoms with Gasteiger partial charge in [-0.1, -0.05) is 18.2 Å². The van der Waals surface area contributed by atoms with E-state index in [-0.39, 0.29) is 0 Å². The third-order valence-corrected chi connectivity index (χ3v) is 6.90. The number of nitrogens with zero attached hydrogens (tertiary/aromatic N) is 4. The molecule has 10 heteroatoms. The Morgan fingerprint density at radius 2 is 1.45 bits per heavy atom. The molecule has 3 N–H and O–H groups in total. The maximum Gasteiger partial charge on any atom is 0.175 e. The van der Waals surface area contributed by atoms with E-state index in [1.807, 2.05) is 41.4 Å². The molecule has 5 rings (SSSR count). The lowest BCUT2D eigenvalue weighted by Crippen LogP contribution is -2.47. The lowest BCUT2D eigenvalue weighted by molar-refractivity contribution is 0.211. The molecule has 0 fully saturated rings. The van der Waals surface area contributed by atoms with Gasteiger partial charge in [-0.2, -0.15) is 5.12 Å². The summed E-state index contributed by atoms with van der Waals surface area (Å²) < 4.78 is 22.0. The Morgan fingerprint density at radius 3 is 2.13 bits per heavy atom. The van der Waals surface area contributed by atoms with Crippen molar-refractivity contribution in [1.29, 1.82) is 0 Å². The molecule has 0 atom stereocenters. The zero-order valence-corrected chi connectivity index (χ0v) is 22.2. The normalized spacial score (nSPS) is 15.2. The predicted octanol–water partition coefficient (Wildman–Crippen LogP) is 3.26. The zero-order valence-electron chi connectivity index (χ0n) is 22.2. The van der Waals surface area contributed by atoms with Crippen LogP contribution < -0.4 is 35.3 Å². The van der Waals surface area contributed by atoms with Crippen LogP contribution in [0.2, 0.25) is 0 Å². The van der Waals surface area contributed by atoms with Crippen LogP contribution in [0.3, 0.4) is 0 Å². The van der Waals surface area contributed by atoms with Crippen molar-refractivity contribution in [2.24, 2.45) is 5.10 Å². The van der Waals surface area contributed by atoms with Gasteiger partial charge in [0.1, 0.15) is 0 Å². The van der Waals surface area contributed by atoms with Gasteiger partial charge in [0.25, 0.3) is 0 Å². The molecule has 0 aliphatic carbocycles. The minimum absolute atomic E-state index is 0.552. The number of ether oxygens (including phenoxy) is 4. The number of nitrogen functional groups attached to an aromatic ring is 1. The van der Waals surface area contributed by atoms with Gasteiger partial charge in [-0.05, 0) is 47.9 Å². The van der Waals surface area contributed by atoms with Crippen molar-refractivity contribution in [1.82, 2.24) is 15.4 Å². The number of amidine groups is 1. The number of fused-ring (bicyclic) bond motifs is 1. The van der Waals surface area contributed by atoms with Crippen molar-refractivity contribution in [3.8, 4) is 23.0 Å². The first-order valence-electron chi connectivity index (χ1n) is 12.5. The Bertz CT molecular complexity index is 1320. The van der Waals surface area contributed by atoms with Gasteiger partial charge in [-0.3, -0.25) is 9.91 Å². The molecule has 0 saturated carbocycles. The van der Waals surface area contributed by atoms with Crippen LogP contribution in [-0.2, 0) is 13.0 Å². The molecule has 0 unspecified atom stereocenters. The summed E-state index contributed by atoms with van der Waals surface area (Å²) in [7, 11) is 6.55. The zero-order chi connectivity index (χ0) is 26.6.